The van der Waals surface area contributed by atoms with Crippen LogP contribution in [0.4, 0.5) is 0 Å². The Morgan fingerprint density at radius 1 is 0.255 bits per heavy atom. The van der Waals surface area contributed by atoms with Crippen molar-refractivity contribution in [2.75, 3.05) is 0 Å². The van der Waals surface area contributed by atoms with E-state index in [1.54, 1.807) is 16.7 Å². The molecule has 94 heavy (non-hydrogen) atoms. The Morgan fingerprint density at radius 2 is 0.511 bits per heavy atom. The lowest BCUT2D eigenvalue weighted by Gasteiger charge is -2.33. The summed E-state index contributed by atoms with van der Waals surface area (Å²) in [6, 6.07) is 65.4. The molecule has 3 heteroatoms. The summed E-state index contributed by atoms with van der Waals surface area (Å²) in [5.74, 6) is 0. The highest BCUT2D eigenvalue weighted by atomic mass is 16.7. The molecule has 1 heterocycles. The van der Waals surface area contributed by atoms with E-state index < -0.39 is 0 Å². The lowest BCUT2D eigenvalue weighted by atomic mass is 9.70. The quantitative estimate of drug-likeness (QED) is 0.0301. The largest absolute Gasteiger partial charge is 0.494 e. The van der Waals surface area contributed by atoms with Gasteiger partial charge in [0.15, 0.2) is 0 Å². The second-order valence-electron chi connectivity index (χ2n) is 31.0. The van der Waals surface area contributed by atoms with Gasteiger partial charge in [0.1, 0.15) is 0 Å². The Bertz CT molecular complexity index is 3810. The van der Waals surface area contributed by atoms with Crippen LogP contribution >= 0.6 is 0 Å². The van der Waals surface area contributed by atoms with Crippen LogP contribution in [0, 0.1) is 0 Å². The Morgan fingerprint density at radius 3 is 0.862 bits per heavy atom. The maximum atomic E-state index is 6.49. The average molecular weight is 1250 g/mol. The molecule has 0 atom stereocenters. The zero-order valence-electron chi connectivity index (χ0n) is 59.8. The summed E-state index contributed by atoms with van der Waals surface area (Å²) in [4.78, 5) is 0. The smallest absolute Gasteiger partial charge is 0.399 e. The maximum Gasteiger partial charge on any atom is 0.494 e. The van der Waals surface area contributed by atoms with Crippen LogP contribution in [0.15, 0.2) is 164 Å². The van der Waals surface area contributed by atoms with E-state index in [1.807, 2.05) is 0 Å². The minimum absolute atomic E-state index is 0.0517. The predicted molar refractivity (Wildman–Crippen MR) is 406 cm³/mol. The summed E-state index contributed by atoms with van der Waals surface area (Å²) in [5, 5.41) is 0. The third kappa shape index (κ3) is 13.6. The zero-order valence-corrected chi connectivity index (χ0v) is 59.8. The van der Waals surface area contributed by atoms with Crippen molar-refractivity contribution in [2.24, 2.45) is 0 Å². The van der Waals surface area contributed by atoms with Crippen LogP contribution in [0.5, 0.6) is 0 Å². The van der Waals surface area contributed by atoms with Gasteiger partial charge in [0, 0.05) is 16.2 Å². The van der Waals surface area contributed by atoms with Crippen LogP contribution in [-0.4, -0.2) is 18.3 Å². The lowest BCUT2D eigenvalue weighted by molar-refractivity contribution is 0.00578. The molecule has 8 aromatic carbocycles. The van der Waals surface area contributed by atoms with Crippen molar-refractivity contribution < 1.29 is 9.31 Å². The molecule has 12 rings (SSSR count). The third-order valence-corrected chi connectivity index (χ3v) is 23.8. The summed E-state index contributed by atoms with van der Waals surface area (Å²) in [6.07, 6.45) is 36.5. The zero-order chi connectivity index (χ0) is 65.5. The highest BCUT2D eigenvalue weighted by molar-refractivity contribution is 6.62. The van der Waals surface area contributed by atoms with Crippen LogP contribution in [-0.2, 0) is 25.6 Å². The molecule has 3 aliphatic carbocycles. The molecule has 492 valence electrons. The number of rotatable bonds is 33. The van der Waals surface area contributed by atoms with Gasteiger partial charge in [-0.15, -0.1) is 0 Å². The topological polar surface area (TPSA) is 18.5 Å². The van der Waals surface area contributed by atoms with Gasteiger partial charge in [0.25, 0.3) is 0 Å². The van der Waals surface area contributed by atoms with E-state index >= 15 is 0 Å². The Hall–Kier alpha value is -6.26. The van der Waals surface area contributed by atoms with Gasteiger partial charge in [-0.2, -0.15) is 0 Å². The van der Waals surface area contributed by atoms with E-state index in [0.717, 1.165) is 5.46 Å². The second-order valence-corrected chi connectivity index (χ2v) is 31.0. The molecule has 8 aromatic rings. The van der Waals surface area contributed by atoms with Crippen LogP contribution in [0.2, 0.25) is 0 Å². The Balaban J connectivity index is 0.820. The van der Waals surface area contributed by atoms with E-state index in [2.05, 4.69) is 233 Å². The van der Waals surface area contributed by atoms with Gasteiger partial charge in [-0.1, -0.05) is 329 Å². The van der Waals surface area contributed by atoms with E-state index in [-0.39, 0.29) is 34.6 Å². The van der Waals surface area contributed by atoms with E-state index in [4.69, 9.17) is 9.31 Å². The van der Waals surface area contributed by atoms with Gasteiger partial charge >= 0.3 is 7.12 Å². The molecule has 1 fully saturated rings. The number of unbranched alkanes of at least 4 members (excludes halogenated alkanes) is 20. The number of benzene rings is 8. The van der Waals surface area contributed by atoms with Crippen LogP contribution in [0.1, 0.15) is 282 Å². The van der Waals surface area contributed by atoms with Gasteiger partial charge in [-0.25, -0.2) is 0 Å². The molecule has 0 unspecified atom stereocenters. The second kappa shape index (κ2) is 29.6. The van der Waals surface area contributed by atoms with Crippen LogP contribution < -0.4 is 5.46 Å². The molecule has 0 saturated carbocycles. The number of fused-ring (bicyclic) bond motifs is 9. The molecule has 0 N–H and O–H groups in total. The predicted octanol–water partition coefficient (Wildman–Crippen LogP) is 26.5. The van der Waals surface area contributed by atoms with Gasteiger partial charge in [-0.05, 0) is 200 Å². The van der Waals surface area contributed by atoms with Crippen molar-refractivity contribution in [3.05, 3.63) is 197 Å². The maximum absolute atomic E-state index is 6.49. The van der Waals surface area contributed by atoms with Crippen molar-refractivity contribution in [2.45, 2.75) is 276 Å². The summed E-state index contributed by atoms with van der Waals surface area (Å²) >= 11 is 0. The molecule has 0 bridgehead atoms. The first-order chi connectivity index (χ1) is 45.7. The van der Waals surface area contributed by atoms with E-state index in [0.29, 0.717) is 0 Å². The molecule has 1 aliphatic heterocycles. The van der Waals surface area contributed by atoms with Gasteiger partial charge in [0.2, 0.25) is 0 Å². The monoisotopic (exact) mass is 1250 g/mol. The Kier molecular flexibility index (Phi) is 21.3. The molecular formula is C91H113BO2. The normalized spacial score (nSPS) is 16.2. The first-order valence-corrected chi connectivity index (χ1v) is 38.1. The fourth-order valence-corrected chi connectivity index (χ4v) is 17.4. The average Bonchev–Trinajstić information content (AvgIpc) is 1.58. The summed E-state index contributed by atoms with van der Waals surface area (Å²) in [5.41, 5.74) is 28.3. The van der Waals surface area contributed by atoms with Crippen molar-refractivity contribution in [1.29, 1.82) is 0 Å². The highest BCUT2D eigenvalue weighted by Crippen LogP contribution is 2.58. The molecule has 0 spiro atoms. The fourth-order valence-electron chi connectivity index (χ4n) is 17.4. The first kappa shape index (κ1) is 67.7. The first-order valence-electron chi connectivity index (χ1n) is 38.1. The van der Waals surface area contributed by atoms with E-state index in [9.17, 15) is 0 Å². The summed E-state index contributed by atoms with van der Waals surface area (Å²) in [7, 11) is -0.371. The molecule has 0 aromatic heterocycles. The van der Waals surface area contributed by atoms with Crippen molar-refractivity contribution in [3.8, 4) is 77.9 Å². The molecular weight excluding hydrogens is 1140 g/mol. The SMILES string of the molecule is CCCCCCCCC1(CCCCCCCC)c2ccccc2-c2ccc(-c3ccc4c(c3)C(C)(C)c3cc(-c5ccc(-c6ccc7c(c6)C(CCCCCCCC)(CCCCCCCC)c6cc(-c8ccc(B9OC(C)(C)C(C)(C)O9)cc8)ccc6-7)cc5)ccc3-4)cc21. The number of hydrogen-bond donors (Lipinski definition) is 0. The minimum atomic E-state index is -0.375. The van der Waals surface area contributed by atoms with Gasteiger partial charge in [0.05, 0.1) is 11.2 Å². The Labute approximate surface area is 570 Å². The summed E-state index contributed by atoms with van der Waals surface area (Å²) < 4.78 is 13.0. The lowest BCUT2D eigenvalue weighted by Crippen LogP contribution is -2.41. The molecule has 2 nitrogen and oxygen atoms in total. The third-order valence-electron chi connectivity index (χ3n) is 23.8. The number of hydrogen-bond acceptors (Lipinski definition) is 2. The van der Waals surface area contributed by atoms with Crippen molar-refractivity contribution >= 4 is 12.6 Å². The molecule has 1 saturated heterocycles. The van der Waals surface area contributed by atoms with Gasteiger partial charge in [-0.3, -0.25) is 0 Å². The van der Waals surface area contributed by atoms with Crippen molar-refractivity contribution in [3.63, 3.8) is 0 Å². The summed E-state index contributed by atoms with van der Waals surface area (Å²) in [6.45, 7) is 22.8. The molecule has 0 amide bonds. The molecule has 0 radical (unpaired) electrons. The standard InChI is InChI=1S/C91H113BO2/c1-11-15-19-23-27-33-57-90(58-34-28-24-20-16-12-2)81-38-32-31-37-75(81)78-56-49-73(65-84(78)90)72-48-53-77-76-52-45-69(61-82(76)87(5,6)83(77)62-72)66-39-41-67(42-40-66)70-46-54-79-80-55-47-71(68-43-50-74(51-44-68)92-93-88(7,8)89(9,10)94-92)64-86(80)91(85(79)63-70,59-35-29-25-21-17-13-3)60-36-30-26-22-18-14-4/h31-32,37-56,61-65H,11-30,33-36,57-60H2,1-10H3. The fraction of sp³-hybridized carbons (Fsp3) is 0.473. The van der Waals surface area contributed by atoms with Crippen LogP contribution in [0.25, 0.3) is 77.9 Å². The van der Waals surface area contributed by atoms with Crippen LogP contribution in [0.3, 0.4) is 0 Å². The highest BCUT2D eigenvalue weighted by Gasteiger charge is 2.52. The molecule has 4 aliphatic rings. The van der Waals surface area contributed by atoms with Crippen molar-refractivity contribution in [1.82, 2.24) is 0 Å². The van der Waals surface area contributed by atoms with Gasteiger partial charge < -0.3 is 9.31 Å². The minimum Gasteiger partial charge on any atom is -0.399 e. The van der Waals surface area contributed by atoms with E-state index in [1.165, 1.54) is 274 Å².